The van der Waals surface area contributed by atoms with Crippen LogP contribution in [0.1, 0.15) is 31.2 Å². The number of amidine groups is 1. The van der Waals surface area contributed by atoms with Gasteiger partial charge in [0.1, 0.15) is 0 Å². The summed E-state index contributed by atoms with van der Waals surface area (Å²) in [5.41, 5.74) is 7.61. The first kappa shape index (κ1) is 13.9. The van der Waals surface area contributed by atoms with E-state index >= 15 is 0 Å². The Kier molecular flexibility index (Phi) is 4.10. The Balaban J connectivity index is 1.74. The predicted molar refractivity (Wildman–Crippen MR) is 82.7 cm³/mol. The molecule has 3 N–H and O–H groups in total. The molecule has 2 heterocycles. The molecule has 1 aromatic carbocycles. The fraction of sp³-hybridized carbons (Fsp3) is 0.438. The number of hydrogen-bond donors (Lipinski definition) is 2. The van der Waals surface area contributed by atoms with E-state index in [1.165, 1.54) is 12.8 Å². The number of benzene rings is 1. The summed E-state index contributed by atoms with van der Waals surface area (Å²) < 4.78 is 7.88. The van der Waals surface area contributed by atoms with E-state index in [1.807, 2.05) is 18.2 Å². The minimum atomic E-state index is 0.151. The predicted octanol–water partition coefficient (Wildman–Crippen LogP) is 2.70. The Morgan fingerprint density at radius 2 is 2.33 bits per heavy atom. The van der Waals surface area contributed by atoms with E-state index in [0.29, 0.717) is 6.10 Å². The van der Waals surface area contributed by atoms with E-state index < -0.39 is 0 Å². The first-order chi connectivity index (χ1) is 10.3. The van der Waals surface area contributed by atoms with Crippen molar-refractivity contribution in [2.24, 2.45) is 10.9 Å². The van der Waals surface area contributed by atoms with Gasteiger partial charge in [0.2, 0.25) is 0 Å². The van der Waals surface area contributed by atoms with Crippen LogP contribution in [-0.2, 0) is 11.3 Å². The molecule has 112 valence electrons. The van der Waals surface area contributed by atoms with Crippen molar-refractivity contribution >= 4 is 16.7 Å². The Hall–Kier alpha value is -2.01. The van der Waals surface area contributed by atoms with Gasteiger partial charge in [-0.1, -0.05) is 17.3 Å². The van der Waals surface area contributed by atoms with Crippen LogP contribution >= 0.6 is 0 Å². The van der Waals surface area contributed by atoms with Crippen LogP contribution in [0.25, 0.3) is 10.9 Å². The van der Waals surface area contributed by atoms with E-state index in [-0.39, 0.29) is 5.84 Å². The quantitative estimate of drug-likeness (QED) is 0.384. The number of nitrogens with two attached hydrogens (primary N) is 1. The van der Waals surface area contributed by atoms with E-state index in [1.54, 1.807) is 0 Å². The van der Waals surface area contributed by atoms with E-state index in [4.69, 9.17) is 15.7 Å². The first-order valence-corrected chi connectivity index (χ1v) is 7.47. The van der Waals surface area contributed by atoms with Crippen molar-refractivity contribution in [1.29, 1.82) is 0 Å². The number of oxime groups is 1. The number of aromatic nitrogens is 1. The van der Waals surface area contributed by atoms with Crippen LogP contribution in [0.3, 0.4) is 0 Å². The second kappa shape index (κ2) is 6.18. The molecule has 1 atom stereocenters. The maximum absolute atomic E-state index is 8.86. The molecule has 2 aromatic rings. The molecule has 1 unspecified atom stereocenters. The summed E-state index contributed by atoms with van der Waals surface area (Å²) in [6.45, 7) is 1.88. The number of hydrogen-bond acceptors (Lipinski definition) is 3. The topological polar surface area (TPSA) is 72.8 Å². The molecule has 5 heteroatoms. The van der Waals surface area contributed by atoms with Crippen molar-refractivity contribution in [2.45, 2.75) is 38.3 Å². The molecule has 0 spiro atoms. The van der Waals surface area contributed by atoms with Crippen LogP contribution < -0.4 is 5.73 Å². The number of rotatable bonds is 5. The average Bonchev–Trinajstić information content (AvgIpc) is 3.16. The third kappa shape index (κ3) is 2.88. The molecule has 0 aliphatic carbocycles. The Morgan fingerprint density at radius 3 is 3.10 bits per heavy atom. The third-order valence-electron chi connectivity index (χ3n) is 4.15. The lowest BCUT2D eigenvalue weighted by molar-refractivity contribution is 0.101. The third-order valence-corrected chi connectivity index (χ3v) is 4.15. The summed E-state index contributed by atoms with van der Waals surface area (Å²) in [5.74, 6) is 0.151. The van der Waals surface area contributed by atoms with Gasteiger partial charge in [-0.2, -0.15) is 0 Å². The summed E-state index contributed by atoms with van der Waals surface area (Å²) >= 11 is 0. The zero-order valence-corrected chi connectivity index (χ0v) is 12.0. The lowest BCUT2D eigenvalue weighted by atomic mass is 10.1. The molecule has 1 aliphatic rings. The van der Waals surface area contributed by atoms with Crippen LogP contribution in [0.4, 0.5) is 0 Å². The van der Waals surface area contributed by atoms with Crippen molar-refractivity contribution < 1.29 is 9.94 Å². The Labute approximate surface area is 124 Å². The van der Waals surface area contributed by atoms with Crippen LogP contribution in [0.5, 0.6) is 0 Å². The van der Waals surface area contributed by atoms with Crippen molar-refractivity contribution in [3.63, 3.8) is 0 Å². The molecule has 5 nitrogen and oxygen atoms in total. The zero-order chi connectivity index (χ0) is 14.7. The van der Waals surface area contributed by atoms with Crippen molar-refractivity contribution in [2.75, 3.05) is 6.61 Å². The first-order valence-electron chi connectivity index (χ1n) is 7.47. The van der Waals surface area contributed by atoms with Crippen LogP contribution in [0, 0.1) is 0 Å². The van der Waals surface area contributed by atoms with Crippen LogP contribution in [0.2, 0.25) is 0 Å². The number of nitrogens with zero attached hydrogens (tertiary/aromatic N) is 2. The van der Waals surface area contributed by atoms with E-state index in [9.17, 15) is 0 Å². The molecule has 1 aromatic heterocycles. The molecule has 1 aliphatic heterocycles. The Bertz CT molecular complexity index is 642. The summed E-state index contributed by atoms with van der Waals surface area (Å²) in [6, 6.07) is 7.89. The lowest BCUT2D eigenvalue weighted by Crippen LogP contribution is -2.13. The highest BCUT2D eigenvalue weighted by atomic mass is 16.5. The monoisotopic (exact) mass is 287 g/mol. The molecule has 0 amide bonds. The molecular weight excluding hydrogens is 266 g/mol. The average molecular weight is 287 g/mol. The van der Waals surface area contributed by atoms with Gasteiger partial charge in [-0.25, -0.2) is 0 Å². The summed E-state index contributed by atoms with van der Waals surface area (Å²) in [6.07, 6.45) is 7.11. The lowest BCUT2D eigenvalue weighted by Gasteiger charge is -2.10. The fourth-order valence-electron chi connectivity index (χ4n) is 3.06. The van der Waals surface area contributed by atoms with Gasteiger partial charge in [-0.3, -0.25) is 0 Å². The van der Waals surface area contributed by atoms with Gasteiger partial charge < -0.3 is 20.2 Å². The molecule has 1 fully saturated rings. The minimum Gasteiger partial charge on any atom is -0.409 e. The number of aryl methyl sites for hydroxylation is 1. The second-order valence-corrected chi connectivity index (χ2v) is 5.51. The molecule has 0 bridgehead atoms. The molecule has 21 heavy (non-hydrogen) atoms. The van der Waals surface area contributed by atoms with Gasteiger partial charge in [-0.05, 0) is 37.8 Å². The highest BCUT2D eigenvalue weighted by molar-refractivity contribution is 6.08. The molecular formula is C16H21N3O2. The van der Waals surface area contributed by atoms with Gasteiger partial charge >= 0.3 is 0 Å². The minimum absolute atomic E-state index is 0.151. The summed E-state index contributed by atoms with van der Waals surface area (Å²) in [5, 5.41) is 13.0. The summed E-state index contributed by atoms with van der Waals surface area (Å²) in [4.78, 5) is 0. The molecule has 0 saturated carbocycles. The molecule has 0 radical (unpaired) electrons. The standard InChI is InChI=1S/C16H21N3O2/c17-16(18-20)14-6-1-7-15-13(14)8-10-19(15)9-2-4-12-5-3-11-21-12/h1,6-8,10,12,20H,2-5,9,11H2,(H2,17,18). The highest BCUT2D eigenvalue weighted by Gasteiger charge is 2.15. The largest absolute Gasteiger partial charge is 0.409 e. The highest BCUT2D eigenvalue weighted by Crippen LogP contribution is 2.22. The second-order valence-electron chi connectivity index (χ2n) is 5.51. The van der Waals surface area contributed by atoms with Crippen molar-refractivity contribution in [3.8, 4) is 0 Å². The van der Waals surface area contributed by atoms with Gasteiger partial charge in [0.05, 0.1) is 6.10 Å². The molecule has 1 saturated heterocycles. The van der Waals surface area contributed by atoms with Gasteiger partial charge in [0.25, 0.3) is 0 Å². The number of fused-ring (bicyclic) bond motifs is 1. The van der Waals surface area contributed by atoms with E-state index in [0.717, 1.165) is 42.5 Å². The van der Waals surface area contributed by atoms with Crippen molar-refractivity contribution in [3.05, 3.63) is 36.0 Å². The maximum Gasteiger partial charge on any atom is 0.170 e. The normalized spacial score (nSPS) is 19.4. The fourth-order valence-corrected chi connectivity index (χ4v) is 3.06. The van der Waals surface area contributed by atoms with Crippen LogP contribution in [-0.4, -0.2) is 28.3 Å². The summed E-state index contributed by atoms with van der Waals surface area (Å²) in [7, 11) is 0. The van der Waals surface area contributed by atoms with Crippen molar-refractivity contribution in [1.82, 2.24) is 4.57 Å². The Morgan fingerprint density at radius 1 is 1.43 bits per heavy atom. The zero-order valence-electron chi connectivity index (χ0n) is 12.0. The smallest absolute Gasteiger partial charge is 0.170 e. The number of ether oxygens (including phenoxy) is 1. The molecule has 3 rings (SSSR count). The van der Waals surface area contributed by atoms with Gasteiger partial charge in [0.15, 0.2) is 5.84 Å². The van der Waals surface area contributed by atoms with Gasteiger partial charge in [-0.15, -0.1) is 0 Å². The van der Waals surface area contributed by atoms with Crippen LogP contribution in [0.15, 0.2) is 35.6 Å². The SMILES string of the molecule is N/C(=N/O)c1cccc2c1ccn2CCCC1CCCO1. The van der Waals surface area contributed by atoms with Gasteiger partial charge in [0, 0.05) is 35.8 Å². The maximum atomic E-state index is 8.86. The van der Waals surface area contributed by atoms with E-state index in [2.05, 4.69) is 22.0 Å².